The van der Waals surface area contributed by atoms with Crippen LogP contribution in [0.5, 0.6) is 17.2 Å². The summed E-state index contributed by atoms with van der Waals surface area (Å²) < 4.78 is 16.0. The highest BCUT2D eigenvalue weighted by Gasteiger charge is 2.27. The number of rotatable bonds is 24. The van der Waals surface area contributed by atoms with E-state index in [0.29, 0.717) is 31.5 Å². The van der Waals surface area contributed by atoms with Gasteiger partial charge in [-0.2, -0.15) is 0 Å². The molecule has 2 atom stereocenters. The van der Waals surface area contributed by atoms with Crippen molar-refractivity contribution in [2.45, 2.75) is 57.0 Å². The Balaban J connectivity index is 1.84. The summed E-state index contributed by atoms with van der Waals surface area (Å²) in [6, 6.07) is 10.9. The lowest BCUT2D eigenvalue weighted by atomic mass is 10.1. The second-order valence-corrected chi connectivity index (χ2v) is 13.3. The second-order valence-electron chi connectivity index (χ2n) is 13.3. The van der Waals surface area contributed by atoms with Crippen molar-refractivity contribution in [2.75, 3.05) is 56.9 Å². The van der Waals surface area contributed by atoms with Gasteiger partial charge >= 0.3 is 0 Å². The molecule has 3 aromatic rings. The number of benzene rings is 3. The standard InChI is InChI=1S/C40H55N11O9/c1-58-31-14-12-24(20-26(31)35(43)53)48-39(57)30(9-7-19-46-40(44)45)51-37(55)28-22-25(13-16-33(28)60-3)49-38(56)29(8-6-18-42)50-36(54)27-21-23(11-15-32(27)59-2)47-34(52)10-4-5-17-41/h11-16,20-22,29-30H,4-10,17-19,41-42H2,1-3H3,(H2,43,53)(H,47,52)(H,48,57)(H,49,56)(H,50,54)(H,51,55)(H4,44,45,46)/t29-,30-/m1/s1. The van der Waals surface area contributed by atoms with Crippen LogP contribution in [-0.2, 0) is 14.4 Å². The maximum absolute atomic E-state index is 13.9. The SMILES string of the molecule is COc1ccc(NC(=O)[C@@H](CCCN=C(N)N)NC(=O)c2cc(NC(=O)[C@@H](CCCN)NC(=O)c3cc(NC(=O)CCCCN)ccc3OC)ccc2OC)cc1C(N)=O. The van der Waals surface area contributed by atoms with E-state index in [1.807, 2.05) is 0 Å². The molecule has 0 heterocycles. The van der Waals surface area contributed by atoms with Crippen LogP contribution in [0.25, 0.3) is 0 Å². The zero-order valence-electron chi connectivity index (χ0n) is 33.9. The summed E-state index contributed by atoms with van der Waals surface area (Å²) in [5, 5.41) is 13.6. The number of carbonyl (C=O) groups excluding carboxylic acids is 6. The van der Waals surface area contributed by atoms with Crippen molar-refractivity contribution >= 4 is 58.5 Å². The molecule has 0 fully saturated rings. The Labute approximate surface area is 347 Å². The van der Waals surface area contributed by atoms with Crippen LogP contribution in [0, 0.1) is 0 Å². The quantitative estimate of drug-likeness (QED) is 0.0344. The van der Waals surface area contributed by atoms with Crippen molar-refractivity contribution in [3.63, 3.8) is 0 Å². The third-order valence-electron chi connectivity index (χ3n) is 8.92. The first kappa shape index (κ1) is 47.4. The number of nitrogens with two attached hydrogens (primary N) is 5. The van der Waals surface area contributed by atoms with Gasteiger partial charge in [0.05, 0.1) is 38.0 Å². The molecule has 0 saturated carbocycles. The van der Waals surface area contributed by atoms with E-state index in [2.05, 4.69) is 31.6 Å². The fourth-order valence-electron chi connectivity index (χ4n) is 5.85. The van der Waals surface area contributed by atoms with Gasteiger partial charge in [0.2, 0.25) is 17.7 Å². The fourth-order valence-corrected chi connectivity index (χ4v) is 5.85. The Hall–Kier alpha value is -6.93. The molecule has 0 aliphatic heterocycles. The smallest absolute Gasteiger partial charge is 0.255 e. The number of carbonyl (C=O) groups is 6. The van der Waals surface area contributed by atoms with Crippen molar-refractivity contribution in [1.29, 1.82) is 0 Å². The van der Waals surface area contributed by atoms with Gasteiger partial charge in [-0.15, -0.1) is 0 Å². The van der Waals surface area contributed by atoms with E-state index in [1.54, 1.807) is 6.07 Å². The predicted octanol–water partition coefficient (Wildman–Crippen LogP) is 1.15. The highest BCUT2D eigenvalue weighted by Crippen LogP contribution is 2.26. The number of ether oxygens (including phenoxy) is 3. The molecule has 3 aromatic carbocycles. The minimum absolute atomic E-state index is 0.0290. The number of nitrogens with one attached hydrogen (secondary N) is 5. The predicted molar refractivity (Wildman–Crippen MR) is 227 cm³/mol. The van der Waals surface area contributed by atoms with Crippen molar-refractivity contribution in [3.8, 4) is 17.2 Å². The van der Waals surface area contributed by atoms with Gasteiger partial charge in [-0.25, -0.2) is 0 Å². The first-order valence-electron chi connectivity index (χ1n) is 19.1. The van der Waals surface area contributed by atoms with Gasteiger partial charge in [0, 0.05) is 30.0 Å². The summed E-state index contributed by atoms with van der Waals surface area (Å²) in [6.45, 7) is 0.856. The van der Waals surface area contributed by atoms with E-state index in [-0.39, 0.29) is 96.0 Å². The van der Waals surface area contributed by atoms with E-state index in [4.69, 9.17) is 42.9 Å². The lowest BCUT2D eigenvalue weighted by Crippen LogP contribution is -2.44. The molecule has 324 valence electrons. The van der Waals surface area contributed by atoms with Gasteiger partial charge in [-0.1, -0.05) is 0 Å². The lowest BCUT2D eigenvalue weighted by Gasteiger charge is -2.21. The van der Waals surface area contributed by atoms with Crippen molar-refractivity contribution in [1.82, 2.24) is 10.6 Å². The minimum Gasteiger partial charge on any atom is -0.496 e. The van der Waals surface area contributed by atoms with Crippen LogP contribution >= 0.6 is 0 Å². The van der Waals surface area contributed by atoms with Gasteiger partial charge in [-0.3, -0.25) is 33.8 Å². The number of anilines is 3. The normalized spacial score (nSPS) is 11.6. The third-order valence-corrected chi connectivity index (χ3v) is 8.92. The van der Waals surface area contributed by atoms with Crippen LogP contribution in [0.4, 0.5) is 17.1 Å². The molecule has 0 spiro atoms. The number of primary amides is 1. The van der Waals surface area contributed by atoms with E-state index >= 15 is 0 Å². The van der Waals surface area contributed by atoms with E-state index in [0.717, 1.165) is 0 Å². The maximum atomic E-state index is 13.9. The van der Waals surface area contributed by atoms with E-state index in [9.17, 15) is 28.8 Å². The molecule has 15 N–H and O–H groups in total. The maximum Gasteiger partial charge on any atom is 0.255 e. The molecular formula is C40H55N11O9. The molecule has 20 heteroatoms. The molecule has 0 unspecified atom stereocenters. The van der Waals surface area contributed by atoms with Crippen molar-refractivity contribution in [2.24, 2.45) is 33.7 Å². The molecule has 0 saturated heterocycles. The molecule has 0 aliphatic rings. The van der Waals surface area contributed by atoms with Gasteiger partial charge in [-0.05, 0) is 106 Å². The molecular weight excluding hydrogens is 779 g/mol. The number of aliphatic imine (C=N–C) groups is 1. The summed E-state index contributed by atoms with van der Waals surface area (Å²) in [6.07, 6.45) is 2.45. The summed E-state index contributed by atoms with van der Waals surface area (Å²) in [5.41, 5.74) is 28.5. The van der Waals surface area contributed by atoms with Gasteiger partial charge in [0.25, 0.3) is 17.7 Å². The molecule has 0 bridgehead atoms. The average molecular weight is 834 g/mol. The van der Waals surface area contributed by atoms with Crippen LogP contribution in [0.3, 0.4) is 0 Å². The van der Waals surface area contributed by atoms with Crippen molar-refractivity contribution < 1.29 is 43.0 Å². The number of hydrogen-bond acceptors (Lipinski definition) is 12. The summed E-state index contributed by atoms with van der Waals surface area (Å²) in [4.78, 5) is 83.2. The zero-order chi connectivity index (χ0) is 44.2. The van der Waals surface area contributed by atoms with Crippen LogP contribution in [0.2, 0.25) is 0 Å². The highest BCUT2D eigenvalue weighted by atomic mass is 16.5. The topological polar surface area (TPSA) is 333 Å². The van der Waals surface area contributed by atoms with Crippen LogP contribution < -0.4 is 69.5 Å². The number of guanidine groups is 1. The first-order chi connectivity index (χ1) is 28.7. The zero-order valence-corrected chi connectivity index (χ0v) is 33.9. The largest absolute Gasteiger partial charge is 0.496 e. The Bertz CT molecular complexity index is 2020. The average Bonchev–Trinajstić information content (AvgIpc) is 3.22. The molecule has 0 radical (unpaired) electrons. The van der Waals surface area contributed by atoms with Gasteiger partial charge < -0.3 is 69.5 Å². The molecule has 3 rings (SSSR count). The van der Waals surface area contributed by atoms with Gasteiger partial charge in [0.15, 0.2) is 5.96 Å². The van der Waals surface area contributed by atoms with Crippen LogP contribution in [0.15, 0.2) is 59.6 Å². The molecule has 0 aromatic heterocycles. The monoisotopic (exact) mass is 833 g/mol. The summed E-state index contributed by atoms with van der Waals surface area (Å²) in [5.74, 6) is -3.27. The highest BCUT2D eigenvalue weighted by molar-refractivity contribution is 6.06. The number of methoxy groups -OCH3 is 3. The Kier molecular flexibility index (Phi) is 19.1. The van der Waals surface area contributed by atoms with Crippen LogP contribution in [-0.4, -0.2) is 94.4 Å². The van der Waals surface area contributed by atoms with Crippen molar-refractivity contribution in [3.05, 3.63) is 71.3 Å². The fraction of sp³-hybridized carbons (Fsp3) is 0.375. The number of nitrogens with zero attached hydrogens (tertiary/aromatic N) is 1. The molecule has 0 aliphatic carbocycles. The Morgan fingerprint density at radius 1 is 0.583 bits per heavy atom. The van der Waals surface area contributed by atoms with Gasteiger partial charge in [0.1, 0.15) is 29.3 Å². The molecule has 6 amide bonds. The van der Waals surface area contributed by atoms with E-state index in [1.165, 1.54) is 69.9 Å². The Morgan fingerprint density at radius 2 is 1.02 bits per heavy atom. The molecule has 20 nitrogen and oxygen atoms in total. The second kappa shape index (κ2) is 24.1. The summed E-state index contributed by atoms with van der Waals surface area (Å²) in [7, 11) is 4.10. The number of hydrogen-bond donors (Lipinski definition) is 10. The van der Waals surface area contributed by atoms with Crippen LogP contribution in [0.1, 0.15) is 76.0 Å². The van der Waals surface area contributed by atoms with E-state index < -0.39 is 41.6 Å². The summed E-state index contributed by atoms with van der Waals surface area (Å²) >= 11 is 0. The lowest BCUT2D eigenvalue weighted by molar-refractivity contribution is -0.118. The third kappa shape index (κ3) is 14.5. The minimum atomic E-state index is -1.15. The first-order valence-corrected chi connectivity index (χ1v) is 19.1. The number of unbranched alkanes of at least 4 members (excludes halogenated alkanes) is 1. The Morgan fingerprint density at radius 3 is 1.45 bits per heavy atom. The number of amides is 6. The molecule has 60 heavy (non-hydrogen) atoms.